The monoisotopic (exact) mass is 430 g/mol. The van der Waals surface area contributed by atoms with E-state index in [4.69, 9.17) is 4.74 Å². The fourth-order valence-corrected chi connectivity index (χ4v) is 5.56. The van der Waals surface area contributed by atoms with Crippen LogP contribution in [0.5, 0.6) is 5.75 Å². The van der Waals surface area contributed by atoms with Crippen LogP contribution in [0, 0.1) is 13.8 Å². The summed E-state index contributed by atoms with van der Waals surface area (Å²) >= 11 is 1.87. The van der Waals surface area contributed by atoms with Crippen LogP contribution in [0.1, 0.15) is 68.0 Å². The third-order valence-electron chi connectivity index (χ3n) is 6.10. The van der Waals surface area contributed by atoms with Gasteiger partial charge >= 0.3 is 5.97 Å². The predicted octanol–water partition coefficient (Wildman–Crippen LogP) is 8.51. The maximum atomic E-state index is 11.9. The molecule has 2 nitrogen and oxygen atoms in total. The van der Waals surface area contributed by atoms with Crippen LogP contribution in [0.3, 0.4) is 0 Å². The molecule has 0 bridgehead atoms. The Labute approximate surface area is 188 Å². The molecule has 1 heterocycles. The number of carbonyl (C=O) groups excluding carboxylic acids is 1. The van der Waals surface area contributed by atoms with Gasteiger partial charge in [-0.2, -0.15) is 0 Å². The first-order valence-corrected chi connectivity index (χ1v) is 11.8. The maximum absolute atomic E-state index is 11.9. The summed E-state index contributed by atoms with van der Waals surface area (Å²) in [4.78, 5) is 13.3. The lowest BCUT2D eigenvalue weighted by molar-refractivity contribution is -0.132. The highest BCUT2D eigenvalue weighted by molar-refractivity contribution is 7.19. The first-order chi connectivity index (χ1) is 14.7. The summed E-state index contributed by atoms with van der Waals surface area (Å²) in [5.41, 5.74) is 6.00. The molecule has 160 valence electrons. The molecule has 0 fully saturated rings. The van der Waals surface area contributed by atoms with Gasteiger partial charge in [-0.25, -0.2) is 0 Å². The minimum atomic E-state index is -0.270. The number of aryl methyl sites for hydroxylation is 2. The van der Waals surface area contributed by atoms with Crippen molar-refractivity contribution in [2.45, 2.75) is 60.3 Å². The second-order valence-electron chi connectivity index (χ2n) is 9.02. The summed E-state index contributed by atoms with van der Waals surface area (Å²) in [5.74, 6) is 0.939. The Balaban J connectivity index is 2.16. The van der Waals surface area contributed by atoms with E-state index in [-0.39, 0.29) is 17.8 Å². The van der Waals surface area contributed by atoms with E-state index in [1.54, 1.807) is 0 Å². The summed E-state index contributed by atoms with van der Waals surface area (Å²) < 4.78 is 7.08. The second-order valence-corrected chi connectivity index (χ2v) is 10.3. The third kappa shape index (κ3) is 3.76. The molecule has 0 radical (unpaired) electrons. The highest BCUT2D eigenvalue weighted by Gasteiger charge is 2.22. The lowest BCUT2D eigenvalue weighted by atomic mass is 9.86. The van der Waals surface area contributed by atoms with Crippen molar-refractivity contribution >= 4 is 38.2 Å². The molecule has 0 aliphatic heterocycles. The van der Waals surface area contributed by atoms with Crippen LogP contribution in [-0.4, -0.2) is 5.97 Å². The number of ether oxygens (including phenoxy) is 1. The van der Waals surface area contributed by atoms with Crippen LogP contribution in [0.4, 0.5) is 0 Å². The molecule has 0 spiro atoms. The molecule has 4 aromatic rings. The Kier molecular flexibility index (Phi) is 5.65. The van der Waals surface area contributed by atoms with Gasteiger partial charge in [0, 0.05) is 21.9 Å². The van der Waals surface area contributed by atoms with Crippen molar-refractivity contribution in [2.24, 2.45) is 0 Å². The van der Waals surface area contributed by atoms with E-state index in [9.17, 15) is 4.79 Å². The van der Waals surface area contributed by atoms with Crippen LogP contribution in [0.2, 0.25) is 0 Å². The van der Waals surface area contributed by atoms with Gasteiger partial charge in [0.1, 0.15) is 5.75 Å². The van der Waals surface area contributed by atoms with Gasteiger partial charge in [0.15, 0.2) is 0 Å². The molecular formula is C28H30O2S. The number of hydrogen-bond donors (Lipinski definition) is 0. The topological polar surface area (TPSA) is 26.3 Å². The molecule has 3 aromatic carbocycles. The van der Waals surface area contributed by atoms with Crippen molar-refractivity contribution < 1.29 is 9.53 Å². The highest BCUT2D eigenvalue weighted by Crippen LogP contribution is 2.45. The summed E-state index contributed by atoms with van der Waals surface area (Å²) in [5, 5.41) is 3.86. The average molecular weight is 431 g/mol. The molecule has 31 heavy (non-hydrogen) atoms. The molecular weight excluding hydrogens is 400 g/mol. The molecule has 4 rings (SSSR count). The van der Waals surface area contributed by atoms with Crippen molar-refractivity contribution in [3.05, 3.63) is 64.0 Å². The van der Waals surface area contributed by atoms with Gasteiger partial charge in [-0.05, 0) is 82.5 Å². The summed E-state index contributed by atoms with van der Waals surface area (Å²) in [6.45, 7) is 14.6. The standard InChI is InChI=1S/C28H30O2S/c1-15(2)23-12-21(13-24(16(3)4)28(23)30-19(7)29)27-22-11-9-8-10-20(22)14-25-26(27)17(5)18(6)31-25/h8-16H,1-7H3. The zero-order valence-corrected chi connectivity index (χ0v) is 20.2. The number of thiophene rings is 1. The van der Waals surface area contributed by atoms with E-state index >= 15 is 0 Å². The Morgan fingerprint density at radius 3 is 2.13 bits per heavy atom. The number of hydrogen-bond acceptors (Lipinski definition) is 3. The Morgan fingerprint density at radius 2 is 1.55 bits per heavy atom. The SMILES string of the molecule is CC(=O)Oc1c(C(C)C)cc(-c2c3ccccc3cc3sc(C)c(C)c23)cc1C(C)C. The third-order valence-corrected chi connectivity index (χ3v) is 7.26. The molecule has 0 saturated carbocycles. The van der Waals surface area contributed by atoms with Crippen molar-refractivity contribution in [3.8, 4) is 16.9 Å². The molecule has 0 atom stereocenters. The molecule has 0 saturated heterocycles. The van der Waals surface area contributed by atoms with E-state index in [0.717, 1.165) is 16.9 Å². The smallest absolute Gasteiger partial charge is 0.308 e. The molecule has 0 amide bonds. The van der Waals surface area contributed by atoms with Crippen molar-refractivity contribution in [1.29, 1.82) is 0 Å². The number of fused-ring (bicyclic) bond motifs is 2. The molecule has 0 aliphatic rings. The van der Waals surface area contributed by atoms with Crippen LogP contribution < -0.4 is 4.74 Å². The first-order valence-electron chi connectivity index (χ1n) is 11.0. The molecule has 0 aliphatic carbocycles. The lowest BCUT2D eigenvalue weighted by Crippen LogP contribution is -2.09. The summed E-state index contributed by atoms with van der Waals surface area (Å²) in [6, 6.07) is 15.4. The zero-order valence-electron chi connectivity index (χ0n) is 19.4. The highest BCUT2D eigenvalue weighted by atomic mass is 32.1. The predicted molar refractivity (Wildman–Crippen MR) is 134 cm³/mol. The minimum absolute atomic E-state index is 0.238. The molecule has 3 heteroatoms. The van der Waals surface area contributed by atoms with E-state index in [1.807, 2.05) is 11.3 Å². The normalized spacial score (nSPS) is 11.8. The number of benzene rings is 3. The Hall–Kier alpha value is -2.65. The fraction of sp³-hybridized carbons (Fsp3) is 0.321. The van der Waals surface area contributed by atoms with Gasteiger partial charge < -0.3 is 4.74 Å². The van der Waals surface area contributed by atoms with Crippen molar-refractivity contribution in [3.63, 3.8) is 0 Å². The molecule has 0 N–H and O–H groups in total. The zero-order chi connectivity index (χ0) is 22.4. The first kappa shape index (κ1) is 21.6. The Bertz CT molecular complexity index is 1280. The average Bonchev–Trinajstić information content (AvgIpc) is 2.99. The minimum Gasteiger partial charge on any atom is -0.426 e. The quantitative estimate of drug-likeness (QED) is 0.239. The van der Waals surface area contributed by atoms with Gasteiger partial charge in [0.05, 0.1) is 0 Å². The van der Waals surface area contributed by atoms with Crippen LogP contribution in [0.15, 0.2) is 42.5 Å². The molecule has 1 aromatic heterocycles. The lowest BCUT2D eigenvalue weighted by Gasteiger charge is -2.21. The largest absolute Gasteiger partial charge is 0.426 e. The summed E-state index contributed by atoms with van der Waals surface area (Å²) in [7, 11) is 0. The van der Waals surface area contributed by atoms with Crippen LogP contribution in [-0.2, 0) is 4.79 Å². The van der Waals surface area contributed by atoms with E-state index in [0.29, 0.717) is 0 Å². The van der Waals surface area contributed by atoms with E-state index in [1.165, 1.54) is 49.3 Å². The second kappa shape index (κ2) is 8.12. The van der Waals surface area contributed by atoms with Crippen molar-refractivity contribution in [1.82, 2.24) is 0 Å². The van der Waals surface area contributed by atoms with E-state index < -0.39 is 0 Å². The van der Waals surface area contributed by atoms with Gasteiger partial charge in [0.2, 0.25) is 0 Å². The van der Waals surface area contributed by atoms with Crippen molar-refractivity contribution in [2.75, 3.05) is 0 Å². The Morgan fingerprint density at radius 1 is 0.935 bits per heavy atom. The van der Waals surface area contributed by atoms with Crippen LogP contribution in [0.25, 0.3) is 32.0 Å². The van der Waals surface area contributed by atoms with Gasteiger partial charge in [0.25, 0.3) is 0 Å². The van der Waals surface area contributed by atoms with E-state index in [2.05, 4.69) is 84.0 Å². The fourth-order valence-electron chi connectivity index (χ4n) is 4.43. The number of esters is 1. The molecule has 0 unspecified atom stereocenters. The number of carbonyl (C=O) groups is 1. The maximum Gasteiger partial charge on any atom is 0.308 e. The summed E-state index contributed by atoms with van der Waals surface area (Å²) in [6.07, 6.45) is 0. The number of rotatable bonds is 4. The van der Waals surface area contributed by atoms with Gasteiger partial charge in [-0.3, -0.25) is 4.79 Å². The van der Waals surface area contributed by atoms with Gasteiger partial charge in [-0.1, -0.05) is 52.0 Å². The van der Waals surface area contributed by atoms with Gasteiger partial charge in [-0.15, -0.1) is 11.3 Å². The van der Waals surface area contributed by atoms with Crippen LogP contribution >= 0.6 is 11.3 Å².